The van der Waals surface area contributed by atoms with Gasteiger partial charge in [0.25, 0.3) is 0 Å². The molecular formula is C11H22N2O4. The highest BCUT2D eigenvalue weighted by molar-refractivity contribution is 5.80. The summed E-state index contributed by atoms with van der Waals surface area (Å²) in [5, 5.41) is 0. The van der Waals surface area contributed by atoms with Gasteiger partial charge in [-0.25, -0.2) is 0 Å². The van der Waals surface area contributed by atoms with E-state index in [-0.39, 0.29) is 17.9 Å². The van der Waals surface area contributed by atoms with Crippen molar-refractivity contribution in [2.45, 2.75) is 6.04 Å². The van der Waals surface area contributed by atoms with Crippen LogP contribution in [0.5, 0.6) is 0 Å². The normalized spacial score (nSPS) is 23.9. The van der Waals surface area contributed by atoms with E-state index in [4.69, 9.17) is 19.9 Å². The molecule has 0 aromatic rings. The van der Waals surface area contributed by atoms with Gasteiger partial charge >= 0.3 is 0 Å². The zero-order chi connectivity index (χ0) is 12.7. The summed E-state index contributed by atoms with van der Waals surface area (Å²) in [4.78, 5) is 14.0. The fraction of sp³-hybridized carbons (Fsp3) is 0.909. The van der Waals surface area contributed by atoms with Crippen molar-refractivity contribution in [1.29, 1.82) is 0 Å². The highest BCUT2D eigenvalue weighted by Gasteiger charge is 2.34. The van der Waals surface area contributed by atoms with Crippen LogP contribution in [-0.2, 0) is 19.0 Å². The van der Waals surface area contributed by atoms with Gasteiger partial charge in [0.1, 0.15) is 0 Å². The zero-order valence-electron chi connectivity index (χ0n) is 10.6. The number of nitrogens with zero attached hydrogens (tertiary/aromatic N) is 1. The number of nitrogens with two attached hydrogens (primary N) is 1. The number of carbonyl (C=O) groups excluding carboxylic acids is 1. The molecule has 0 aromatic heterocycles. The van der Waals surface area contributed by atoms with Crippen molar-refractivity contribution in [2.24, 2.45) is 11.7 Å². The Bertz CT molecular complexity index is 230. The maximum absolute atomic E-state index is 12.2. The Labute approximate surface area is 102 Å². The molecule has 2 N–H and O–H groups in total. The zero-order valence-corrected chi connectivity index (χ0v) is 10.6. The molecule has 6 heteroatoms. The van der Waals surface area contributed by atoms with Crippen LogP contribution in [0.2, 0.25) is 0 Å². The lowest BCUT2D eigenvalue weighted by atomic mass is 10.0. The molecule has 0 bridgehead atoms. The van der Waals surface area contributed by atoms with E-state index in [1.54, 1.807) is 19.1 Å². The van der Waals surface area contributed by atoms with E-state index in [1.807, 2.05) is 0 Å². The van der Waals surface area contributed by atoms with Crippen molar-refractivity contribution in [3.05, 3.63) is 0 Å². The second-order valence-corrected chi connectivity index (χ2v) is 4.12. The standard InChI is InChI=1S/C11H22N2O4/c1-15-5-3-13(4-6-16-2)11(14)9-7-17-8-10(9)12/h9-10H,3-8,12H2,1-2H3. The number of hydrogen-bond acceptors (Lipinski definition) is 5. The fourth-order valence-corrected chi connectivity index (χ4v) is 1.79. The molecule has 1 saturated heterocycles. The molecule has 2 atom stereocenters. The van der Waals surface area contributed by atoms with Crippen molar-refractivity contribution >= 4 is 5.91 Å². The van der Waals surface area contributed by atoms with Gasteiger partial charge in [0.2, 0.25) is 5.91 Å². The van der Waals surface area contributed by atoms with Crippen molar-refractivity contribution in [3.63, 3.8) is 0 Å². The van der Waals surface area contributed by atoms with Gasteiger partial charge in [-0.15, -0.1) is 0 Å². The van der Waals surface area contributed by atoms with Gasteiger partial charge in [0, 0.05) is 33.4 Å². The van der Waals surface area contributed by atoms with E-state index in [1.165, 1.54) is 0 Å². The Morgan fingerprint density at radius 2 is 1.88 bits per heavy atom. The first-order valence-electron chi connectivity index (χ1n) is 5.80. The molecular weight excluding hydrogens is 224 g/mol. The Morgan fingerprint density at radius 3 is 2.29 bits per heavy atom. The Hall–Kier alpha value is -0.690. The van der Waals surface area contributed by atoms with Crippen molar-refractivity contribution in [2.75, 3.05) is 53.7 Å². The van der Waals surface area contributed by atoms with Crippen LogP contribution in [0, 0.1) is 5.92 Å². The molecule has 100 valence electrons. The molecule has 1 fully saturated rings. The molecule has 0 saturated carbocycles. The summed E-state index contributed by atoms with van der Waals surface area (Å²) >= 11 is 0. The third-order valence-corrected chi connectivity index (χ3v) is 2.88. The molecule has 1 aliphatic heterocycles. The van der Waals surface area contributed by atoms with Gasteiger partial charge in [0.05, 0.1) is 32.3 Å². The summed E-state index contributed by atoms with van der Waals surface area (Å²) in [6.07, 6.45) is 0. The first-order valence-corrected chi connectivity index (χ1v) is 5.80. The summed E-state index contributed by atoms with van der Waals surface area (Å²) < 4.78 is 15.2. The monoisotopic (exact) mass is 246 g/mol. The smallest absolute Gasteiger partial charge is 0.229 e. The Kier molecular flexibility index (Phi) is 6.43. The minimum absolute atomic E-state index is 0.0316. The fourth-order valence-electron chi connectivity index (χ4n) is 1.79. The summed E-state index contributed by atoms with van der Waals surface area (Å²) in [6.45, 7) is 3.01. The lowest BCUT2D eigenvalue weighted by Gasteiger charge is -2.26. The van der Waals surface area contributed by atoms with Crippen LogP contribution < -0.4 is 5.73 Å². The maximum atomic E-state index is 12.2. The first kappa shape index (κ1) is 14.4. The molecule has 17 heavy (non-hydrogen) atoms. The molecule has 0 aromatic carbocycles. The number of methoxy groups -OCH3 is 2. The molecule has 0 aliphatic carbocycles. The van der Waals surface area contributed by atoms with E-state index < -0.39 is 0 Å². The van der Waals surface area contributed by atoms with Gasteiger partial charge in [-0.3, -0.25) is 4.79 Å². The third-order valence-electron chi connectivity index (χ3n) is 2.88. The van der Waals surface area contributed by atoms with E-state index in [0.29, 0.717) is 39.5 Å². The highest BCUT2D eigenvalue weighted by Crippen LogP contribution is 2.14. The molecule has 0 radical (unpaired) electrons. The highest BCUT2D eigenvalue weighted by atomic mass is 16.5. The minimum atomic E-state index is -0.233. The average molecular weight is 246 g/mol. The molecule has 1 amide bonds. The number of ether oxygens (including phenoxy) is 3. The van der Waals surface area contributed by atoms with Crippen LogP contribution in [0.1, 0.15) is 0 Å². The van der Waals surface area contributed by atoms with Gasteiger partial charge < -0.3 is 24.8 Å². The summed E-state index contributed by atoms with van der Waals surface area (Å²) in [5.74, 6) is -0.201. The van der Waals surface area contributed by atoms with Gasteiger partial charge in [0.15, 0.2) is 0 Å². The molecule has 1 rings (SSSR count). The van der Waals surface area contributed by atoms with Crippen LogP contribution in [-0.4, -0.2) is 70.6 Å². The van der Waals surface area contributed by atoms with Gasteiger partial charge in [-0.2, -0.15) is 0 Å². The van der Waals surface area contributed by atoms with Crippen molar-refractivity contribution in [3.8, 4) is 0 Å². The average Bonchev–Trinajstić information content (AvgIpc) is 2.75. The molecule has 1 heterocycles. The number of carbonyl (C=O) groups is 1. The van der Waals surface area contributed by atoms with E-state index in [0.717, 1.165) is 0 Å². The Morgan fingerprint density at radius 1 is 1.29 bits per heavy atom. The second-order valence-electron chi connectivity index (χ2n) is 4.12. The van der Waals surface area contributed by atoms with Gasteiger partial charge in [-0.05, 0) is 0 Å². The largest absolute Gasteiger partial charge is 0.383 e. The number of hydrogen-bond donors (Lipinski definition) is 1. The predicted molar refractivity (Wildman–Crippen MR) is 62.6 cm³/mol. The van der Waals surface area contributed by atoms with E-state index in [2.05, 4.69) is 0 Å². The summed E-state index contributed by atoms with van der Waals surface area (Å²) in [5.41, 5.74) is 5.84. The lowest BCUT2D eigenvalue weighted by molar-refractivity contribution is -0.137. The Balaban J connectivity index is 2.51. The SMILES string of the molecule is COCCN(CCOC)C(=O)C1COCC1N. The molecule has 2 unspecified atom stereocenters. The van der Waals surface area contributed by atoms with Crippen LogP contribution in [0.15, 0.2) is 0 Å². The van der Waals surface area contributed by atoms with E-state index in [9.17, 15) is 4.79 Å². The molecule has 0 spiro atoms. The second kappa shape index (κ2) is 7.60. The van der Waals surface area contributed by atoms with Crippen LogP contribution in [0.25, 0.3) is 0 Å². The molecule has 1 aliphatic rings. The maximum Gasteiger partial charge on any atom is 0.229 e. The van der Waals surface area contributed by atoms with Crippen LogP contribution >= 0.6 is 0 Å². The predicted octanol–water partition coefficient (Wildman–Crippen LogP) is -0.918. The van der Waals surface area contributed by atoms with Crippen molar-refractivity contribution in [1.82, 2.24) is 4.90 Å². The third kappa shape index (κ3) is 4.23. The topological polar surface area (TPSA) is 74.0 Å². The quantitative estimate of drug-likeness (QED) is 0.629. The number of amides is 1. The van der Waals surface area contributed by atoms with Gasteiger partial charge in [-0.1, -0.05) is 0 Å². The van der Waals surface area contributed by atoms with E-state index >= 15 is 0 Å². The number of rotatable bonds is 7. The first-order chi connectivity index (χ1) is 8.20. The summed E-state index contributed by atoms with van der Waals surface area (Å²) in [7, 11) is 3.23. The van der Waals surface area contributed by atoms with Crippen molar-refractivity contribution < 1.29 is 19.0 Å². The minimum Gasteiger partial charge on any atom is -0.383 e. The summed E-state index contributed by atoms with van der Waals surface area (Å²) in [6, 6.07) is -0.199. The van der Waals surface area contributed by atoms with Crippen LogP contribution in [0.3, 0.4) is 0 Å². The van der Waals surface area contributed by atoms with Crippen LogP contribution in [0.4, 0.5) is 0 Å². The molecule has 6 nitrogen and oxygen atoms in total. The lowest BCUT2D eigenvalue weighted by Crippen LogP contribution is -2.45.